The molecule has 0 unspecified atom stereocenters. The lowest BCUT2D eigenvalue weighted by molar-refractivity contribution is 0.0944. The van der Waals surface area contributed by atoms with Gasteiger partial charge in [0.2, 0.25) is 0 Å². The zero-order valence-corrected chi connectivity index (χ0v) is 12.8. The molecule has 1 heterocycles. The van der Waals surface area contributed by atoms with Crippen molar-refractivity contribution < 1.29 is 9.53 Å². The summed E-state index contributed by atoms with van der Waals surface area (Å²) in [5, 5.41) is 7.32. The average molecular weight is 299 g/mol. The van der Waals surface area contributed by atoms with Gasteiger partial charge in [-0.15, -0.1) is 0 Å². The van der Waals surface area contributed by atoms with Gasteiger partial charge in [-0.3, -0.25) is 9.48 Å². The van der Waals surface area contributed by atoms with E-state index in [2.05, 4.69) is 10.4 Å². The summed E-state index contributed by atoms with van der Waals surface area (Å²) >= 11 is 0. The minimum absolute atomic E-state index is 0.132. The number of amides is 1. The molecule has 1 amide bonds. The highest BCUT2D eigenvalue weighted by molar-refractivity contribution is 5.92. The second-order valence-electron chi connectivity index (χ2n) is 5.65. The van der Waals surface area contributed by atoms with Crippen LogP contribution < -0.4 is 10.1 Å². The maximum Gasteiger partial charge on any atom is 0.272 e. The van der Waals surface area contributed by atoms with Crippen LogP contribution in [0.5, 0.6) is 5.75 Å². The number of benzene rings is 1. The number of rotatable bonds is 5. The SMILES string of the molecule is COc1ccc(CNC(=O)c2ccn(C3CCCC3)n2)cc1. The molecule has 0 bridgehead atoms. The van der Waals surface area contributed by atoms with Crippen LogP contribution in [0.4, 0.5) is 0 Å². The number of methoxy groups -OCH3 is 1. The molecule has 5 nitrogen and oxygen atoms in total. The summed E-state index contributed by atoms with van der Waals surface area (Å²) in [6.07, 6.45) is 6.74. The minimum atomic E-state index is -0.132. The normalized spacial score (nSPS) is 15.0. The van der Waals surface area contributed by atoms with E-state index in [-0.39, 0.29) is 5.91 Å². The molecule has 1 fully saturated rings. The Bertz CT molecular complexity index is 628. The second kappa shape index (κ2) is 6.64. The van der Waals surface area contributed by atoms with Gasteiger partial charge < -0.3 is 10.1 Å². The van der Waals surface area contributed by atoms with E-state index >= 15 is 0 Å². The standard InChI is InChI=1S/C17H21N3O2/c1-22-15-8-6-13(7-9-15)12-18-17(21)16-10-11-20(19-16)14-4-2-3-5-14/h6-11,14H,2-5,12H2,1H3,(H,18,21). The molecular weight excluding hydrogens is 278 g/mol. The first-order valence-electron chi connectivity index (χ1n) is 7.72. The highest BCUT2D eigenvalue weighted by Gasteiger charge is 2.19. The van der Waals surface area contributed by atoms with E-state index in [1.54, 1.807) is 13.2 Å². The fourth-order valence-corrected chi connectivity index (χ4v) is 2.85. The van der Waals surface area contributed by atoms with Crippen LogP contribution in [0.2, 0.25) is 0 Å². The van der Waals surface area contributed by atoms with Gasteiger partial charge in [0.15, 0.2) is 0 Å². The summed E-state index contributed by atoms with van der Waals surface area (Å²) in [6.45, 7) is 0.485. The van der Waals surface area contributed by atoms with Crippen molar-refractivity contribution in [1.29, 1.82) is 0 Å². The molecule has 1 aromatic carbocycles. The van der Waals surface area contributed by atoms with Crippen molar-refractivity contribution in [3.63, 3.8) is 0 Å². The highest BCUT2D eigenvalue weighted by Crippen LogP contribution is 2.28. The molecule has 1 N–H and O–H groups in total. The van der Waals surface area contributed by atoms with Crippen LogP contribution in [0.1, 0.15) is 47.8 Å². The van der Waals surface area contributed by atoms with Crippen molar-refractivity contribution in [3.8, 4) is 5.75 Å². The first-order chi connectivity index (χ1) is 10.8. The fraction of sp³-hybridized carbons (Fsp3) is 0.412. The molecule has 0 saturated heterocycles. The predicted molar refractivity (Wildman–Crippen MR) is 83.9 cm³/mol. The second-order valence-corrected chi connectivity index (χ2v) is 5.65. The first-order valence-corrected chi connectivity index (χ1v) is 7.72. The molecular formula is C17H21N3O2. The van der Waals surface area contributed by atoms with Crippen LogP contribution in [-0.2, 0) is 6.54 Å². The Morgan fingerprint density at radius 3 is 2.68 bits per heavy atom. The summed E-state index contributed by atoms with van der Waals surface area (Å²) in [5.41, 5.74) is 1.52. The maximum atomic E-state index is 12.2. The highest BCUT2D eigenvalue weighted by atomic mass is 16.5. The van der Waals surface area contributed by atoms with Gasteiger partial charge in [-0.2, -0.15) is 5.10 Å². The lowest BCUT2D eigenvalue weighted by Gasteiger charge is -2.09. The fourth-order valence-electron chi connectivity index (χ4n) is 2.85. The molecule has 1 aromatic heterocycles. The van der Waals surface area contributed by atoms with Gasteiger partial charge in [0.25, 0.3) is 5.91 Å². The third-order valence-corrected chi connectivity index (χ3v) is 4.15. The zero-order valence-electron chi connectivity index (χ0n) is 12.8. The van der Waals surface area contributed by atoms with E-state index in [4.69, 9.17) is 4.74 Å². The molecule has 5 heteroatoms. The Labute approximate surface area is 130 Å². The van der Waals surface area contributed by atoms with Gasteiger partial charge in [0.1, 0.15) is 11.4 Å². The Hall–Kier alpha value is -2.30. The van der Waals surface area contributed by atoms with Gasteiger partial charge in [-0.05, 0) is 36.6 Å². The Morgan fingerprint density at radius 2 is 2.00 bits per heavy atom. The van der Waals surface area contributed by atoms with Crippen molar-refractivity contribution in [3.05, 3.63) is 47.8 Å². The van der Waals surface area contributed by atoms with E-state index in [9.17, 15) is 4.79 Å². The predicted octanol–water partition coefficient (Wildman–Crippen LogP) is 2.94. The smallest absolute Gasteiger partial charge is 0.272 e. The number of nitrogens with zero attached hydrogens (tertiary/aromatic N) is 2. The quantitative estimate of drug-likeness (QED) is 0.923. The third kappa shape index (κ3) is 3.30. The van der Waals surface area contributed by atoms with Crippen molar-refractivity contribution in [2.45, 2.75) is 38.3 Å². The molecule has 2 aromatic rings. The van der Waals surface area contributed by atoms with Crippen molar-refractivity contribution >= 4 is 5.91 Å². The molecule has 0 radical (unpaired) electrons. The van der Waals surface area contributed by atoms with Crippen molar-refractivity contribution in [2.24, 2.45) is 0 Å². The first kappa shape index (κ1) is 14.6. The number of carbonyl (C=O) groups is 1. The number of hydrogen-bond acceptors (Lipinski definition) is 3. The minimum Gasteiger partial charge on any atom is -0.497 e. The molecule has 0 spiro atoms. The van der Waals surface area contributed by atoms with Crippen molar-refractivity contribution in [2.75, 3.05) is 7.11 Å². The zero-order chi connectivity index (χ0) is 15.4. The van der Waals surface area contributed by atoms with Crippen LogP contribution >= 0.6 is 0 Å². The Morgan fingerprint density at radius 1 is 1.27 bits per heavy atom. The van der Waals surface area contributed by atoms with E-state index in [1.807, 2.05) is 35.1 Å². The largest absolute Gasteiger partial charge is 0.497 e. The average Bonchev–Trinajstić information content (AvgIpc) is 3.23. The molecule has 3 rings (SSSR count). The molecule has 22 heavy (non-hydrogen) atoms. The van der Waals surface area contributed by atoms with E-state index < -0.39 is 0 Å². The lowest BCUT2D eigenvalue weighted by atomic mass is 10.2. The summed E-state index contributed by atoms with van der Waals surface area (Å²) in [5.74, 6) is 0.679. The van der Waals surface area contributed by atoms with E-state index in [0.717, 1.165) is 24.2 Å². The maximum absolute atomic E-state index is 12.2. The van der Waals surface area contributed by atoms with E-state index in [1.165, 1.54) is 12.8 Å². The van der Waals surface area contributed by atoms with Gasteiger partial charge in [0, 0.05) is 12.7 Å². The molecule has 1 aliphatic rings. The molecule has 0 atom stereocenters. The van der Waals surface area contributed by atoms with Crippen LogP contribution in [0.25, 0.3) is 0 Å². The Kier molecular flexibility index (Phi) is 4.42. The molecule has 116 valence electrons. The van der Waals surface area contributed by atoms with Crippen LogP contribution in [0.15, 0.2) is 36.5 Å². The van der Waals surface area contributed by atoms with E-state index in [0.29, 0.717) is 18.3 Å². The monoisotopic (exact) mass is 299 g/mol. The lowest BCUT2D eigenvalue weighted by Crippen LogP contribution is -2.23. The molecule has 1 aliphatic carbocycles. The van der Waals surface area contributed by atoms with Crippen LogP contribution in [0, 0.1) is 0 Å². The van der Waals surface area contributed by atoms with Crippen LogP contribution in [-0.4, -0.2) is 22.8 Å². The number of hydrogen-bond donors (Lipinski definition) is 1. The number of nitrogens with one attached hydrogen (secondary N) is 1. The van der Waals surface area contributed by atoms with Gasteiger partial charge >= 0.3 is 0 Å². The Balaban J connectivity index is 1.57. The molecule has 0 aliphatic heterocycles. The number of aromatic nitrogens is 2. The third-order valence-electron chi connectivity index (χ3n) is 4.15. The summed E-state index contributed by atoms with van der Waals surface area (Å²) in [4.78, 5) is 12.2. The molecule has 1 saturated carbocycles. The summed E-state index contributed by atoms with van der Waals surface area (Å²) in [6, 6.07) is 9.91. The van der Waals surface area contributed by atoms with Gasteiger partial charge in [-0.25, -0.2) is 0 Å². The summed E-state index contributed by atoms with van der Waals surface area (Å²) in [7, 11) is 1.64. The van der Waals surface area contributed by atoms with Gasteiger partial charge in [0.05, 0.1) is 13.2 Å². The van der Waals surface area contributed by atoms with Crippen LogP contribution in [0.3, 0.4) is 0 Å². The van der Waals surface area contributed by atoms with Gasteiger partial charge in [-0.1, -0.05) is 25.0 Å². The number of carbonyl (C=O) groups excluding carboxylic acids is 1. The summed E-state index contributed by atoms with van der Waals surface area (Å²) < 4.78 is 7.06. The van der Waals surface area contributed by atoms with Crippen molar-refractivity contribution in [1.82, 2.24) is 15.1 Å². The number of ether oxygens (including phenoxy) is 1. The topological polar surface area (TPSA) is 56.1 Å².